The Balaban J connectivity index is 2.50. The summed E-state index contributed by atoms with van der Waals surface area (Å²) in [5, 5.41) is 9.04. The van der Waals surface area contributed by atoms with Gasteiger partial charge in [0.25, 0.3) is 10.1 Å². The lowest BCUT2D eigenvalue weighted by molar-refractivity contribution is 0.0779. The average Bonchev–Trinajstić information content (AvgIpc) is 2.12. The minimum atomic E-state index is -3.48. The normalized spacial score (nSPS) is 32.5. The van der Waals surface area contributed by atoms with Crippen molar-refractivity contribution in [2.24, 2.45) is 0 Å². The fraction of sp³-hybridized carbons (Fsp3) is 1.00. The topological polar surface area (TPSA) is 72.8 Å². The van der Waals surface area contributed by atoms with Gasteiger partial charge < -0.3 is 9.84 Å². The number of hydrogen-bond donors (Lipinski definition) is 1. The average molecular weight is 182 g/mol. The molecule has 0 amide bonds. The van der Waals surface area contributed by atoms with Crippen molar-refractivity contribution in [3.63, 3.8) is 0 Å². The van der Waals surface area contributed by atoms with Crippen LogP contribution in [0.4, 0.5) is 0 Å². The van der Waals surface area contributed by atoms with E-state index in [4.69, 9.17) is 9.84 Å². The standard InChI is InChI=1S/C5H10O5S/c1-11(7,8)10-5-3-9-2-4(5)6/h4-6H,2-3H2,1H3. The Morgan fingerprint density at radius 3 is 2.55 bits per heavy atom. The van der Waals surface area contributed by atoms with Crippen molar-refractivity contribution >= 4 is 10.1 Å². The molecule has 1 fully saturated rings. The molecule has 0 saturated carbocycles. The van der Waals surface area contributed by atoms with Crippen LogP contribution in [-0.4, -0.2) is 45.2 Å². The Labute approximate surface area is 65.0 Å². The summed E-state index contributed by atoms with van der Waals surface area (Å²) < 4.78 is 30.4. The highest BCUT2D eigenvalue weighted by atomic mass is 32.2. The van der Waals surface area contributed by atoms with E-state index >= 15 is 0 Å². The van der Waals surface area contributed by atoms with Gasteiger partial charge in [0.2, 0.25) is 0 Å². The highest BCUT2D eigenvalue weighted by Crippen LogP contribution is 2.11. The summed E-state index contributed by atoms with van der Waals surface area (Å²) >= 11 is 0. The third-order valence-corrected chi connectivity index (χ3v) is 1.90. The van der Waals surface area contributed by atoms with Crippen molar-refractivity contribution in [3.8, 4) is 0 Å². The molecule has 0 aromatic rings. The van der Waals surface area contributed by atoms with E-state index in [0.29, 0.717) is 0 Å². The number of hydrogen-bond acceptors (Lipinski definition) is 5. The fourth-order valence-corrected chi connectivity index (χ4v) is 1.47. The van der Waals surface area contributed by atoms with E-state index in [-0.39, 0.29) is 13.2 Å². The van der Waals surface area contributed by atoms with Crippen LogP contribution in [0.1, 0.15) is 0 Å². The Morgan fingerprint density at radius 1 is 1.55 bits per heavy atom. The first-order chi connectivity index (χ1) is 4.99. The fourth-order valence-electron chi connectivity index (χ4n) is 0.840. The van der Waals surface area contributed by atoms with Gasteiger partial charge >= 0.3 is 0 Å². The van der Waals surface area contributed by atoms with Gasteiger partial charge in [-0.3, -0.25) is 4.18 Å². The van der Waals surface area contributed by atoms with Crippen molar-refractivity contribution in [2.45, 2.75) is 12.2 Å². The highest BCUT2D eigenvalue weighted by Gasteiger charge is 2.29. The summed E-state index contributed by atoms with van der Waals surface area (Å²) in [6.07, 6.45) is -0.618. The minimum absolute atomic E-state index is 0.133. The Hall–Kier alpha value is -0.170. The lowest BCUT2D eigenvalue weighted by Gasteiger charge is -2.10. The molecule has 0 spiro atoms. The summed E-state index contributed by atoms with van der Waals surface area (Å²) in [6.45, 7) is 0.272. The van der Waals surface area contributed by atoms with Gasteiger partial charge in [0, 0.05) is 0 Å². The molecule has 11 heavy (non-hydrogen) atoms. The van der Waals surface area contributed by atoms with Crippen LogP contribution in [0.2, 0.25) is 0 Å². The van der Waals surface area contributed by atoms with E-state index in [1.807, 2.05) is 0 Å². The Bertz CT molecular complexity index is 221. The zero-order chi connectivity index (χ0) is 8.48. The van der Waals surface area contributed by atoms with Crippen LogP contribution in [0, 0.1) is 0 Å². The van der Waals surface area contributed by atoms with Crippen LogP contribution in [0.15, 0.2) is 0 Å². The molecule has 0 bridgehead atoms. The zero-order valence-corrected chi connectivity index (χ0v) is 6.87. The van der Waals surface area contributed by atoms with Crippen LogP contribution in [0.5, 0.6) is 0 Å². The molecular formula is C5H10O5S. The van der Waals surface area contributed by atoms with Crippen molar-refractivity contribution in [3.05, 3.63) is 0 Å². The zero-order valence-electron chi connectivity index (χ0n) is 6.06. The first-order valence-corrected chi connectivity index (χ1v) is 4.95. The molecule has 1 aliphatic rings. The molecule has 1 heterocycles. The lowest BCUT2D eigenvalue weighted by Crippen LogP contribution is -2.29. The summed E-state index contributed by atoms with van der Waals surface area (Å²) in [5.41, 5.74) is 0. The van der Waals surface area contributed by atoms with Gasteiger partial charge in [0.05, 0.1) is 19.5 Å². The van der Waals surface area contributed by atoms with Gasteiger partial charge in [0.15, 0.2) is 0 Å². The van der Waals surface area contributed by atoms with Crippen molar-refractivity contribution < 1.29 is 22.4 Å². The maximum atomic E-state index is 10.5. The second kappa shape index (κ2) is 3.06. The predicted octanol–water partition coefficient (Wildman–Crippen LogP) is -1.28. The largest absolute Gasteiger partial charge is 0.388 e. The van der Waals surface area contributed by atoms with Gasteiger partial charge in [-0.2, -0.15) is 8.42 Å². The minimum Gasteiger partial charge on any atom is -0.388 e. The molecular weight excluding hydrogens is 172 g/mol. The summed E-state index contributed by atoms with van der Waals surface area (Å²) in [7, 11) is -3.48. The van der Waals surface area contributed by atoms with E-state index in [2.05, 4.69) is 4.18 Å². The monoisotopic (exact) mass is 182 g/mol. The molecule has 2 atom stereocenters. The molecule has 0 aliphatic carbocycles. The van der Waals surface area contributed by atoms with Crippen LogP contribution >= 0.6 is 0 Å². The first kappa shape index (κ1) is 8.92. The van der Waals surface area contributed by atoms with Gasteiger partial charge in [-0.05, 0) is 0 Å². The smallest absolute Gasteiger partial charge is 0.264 e. The molecule has 5 nitrogen and oxygen atoms in total. The number of rotatable bonds is 2. The van der Waals surface area contributed by atoms with E-state index in [1.165, 1.54) is 0 Å². The molecule has 0 radical (unpaired) electrons. The molecule has 0 aromatic carbocycles. The summed E-state index contributed by atoms with van der Waals surface area (Å²) in [4.78, 5) is 0. The van der Waals surface area contributed by atoms with Gasteiger partial charge in [-0.15, -0.1) is 0 Å². The van der Waals surface area contributed by atoms with E-state index in [1.54, 1.807) is 0 Å². The molecule has 1 saturated heterocycles. The summed E-state index contributed by atoms with van der Waals surface area (Å²) in [5.74, 6) is 0. The lowest BCUT2D eigenvalue weighted by atomic mass is 10.3. The molecule has 66 valence electrons. The molecule has 0 aromatic heterocycles. The third kappa shape index (κ3) is 2.74. The molecule has 6 heteroatoms. The summed E-state index contributed by atoms with van der Waals surface area (Å²) in [6, 6.07) is 0. The maximum Gasteiger partial charge on any atom is 0.264 e. The Morgan fingerprint density at radius 2 is 2.18 bits per heavy atom. The van der Waals surface area contributed by atoms with E-state index < -0.39 is 22.3 Å². The SMILES string of the molecule is CS(=O)(=O)OC1COCC1O. The van der Waals surface area contributed by atoms with Crippen molar-refractivity contribution in [1.82, 2.24) is 0 Å². The van der Waals surface area contributed by atoms with Gasteiger partial charge in [0.1, 0.15) is 12.2 Å². The molecule has 1 aliphatic heterocycles. The second-order valence-electron chi connectivity index (χ2n) is 2.44. The van der Waals surface area contributed by atoms with E-state index in [9.17, 15) is 8.42 Å². The van der Waals surface area contributed by atoms with Crippen LogP contribution < -0.4 is 0 Å². The number of aliphatic hydroxyl groups is 1. The van der Waals surface area contributed by atoms with Gasteiger partial charge in [-0.25, -0.2) is 0 Å². The van der Waals surface area contributed by atoms with Crippen LogP contribution in [-0.2, 0) is 19.0 Å². The molecule has 1 rings (SSSR count). The van der Waals surface area contributed by atoms with Crippen molar-refractivity contribution in [1.29, 1.82) is 0 Å². The third-order valence-electron chi connectivity index (χ3n) is 1.30. The van der Waals surface area contributed by atoms with Gasteiger partial charge in [-0.1, -0.05) is 0 Å². The highest BCUT2D eigenvalue weighted by molar-refractivity contribution is 7.86. The first-order valence-electron chi connectivity index (χ1n) is 3.13. The Kier molecular flexibility index (Phi) is 2.48. The number of ether oxygens (including phenoxy) is 1. The van der Waals surface area contributed by atoms with Crippen LogP contribution in [0.3, 0.4) is 0 Å². The molecule has 1 N–H and O–H groups in total. The maximum absolute atomic E-state index is 10.5. The molecule has 2 unspecified atom stereocenters. The van der Waals surface area contributed by atoms with E-state index in [0.717, 1.165) is 6.26 Å². The number of aliphatic hydroxyl groups excluding tert-OH is 1. The quantitative estimate of drug-likeness (QED) is 0.539. The predicted molar refractivity (Wildman–Crippen MR) is 36.5 cm³/mol. The second-order valence-corrected chi connectivity index (χ2v) is 4.04. The van der Waals surface area contributed by atoms with Crippen LogP contribution in [0.25, 0.3) is 0 Å². The van der Waals surface area contributed by atoms with Crippen molar-refractivity contribution in [2.75, 3.05) is 19.5 Å².